The van der Waals surface area contributed by atoms with E-state index in [2.05, 4.69) is 19.2 Å². The molecule has 3 rings (SSSR count). The molecule has 3 saturated heterocycles. The molecule has 0 aromatic carbocycles. The van der Waals surface area contributed by atoms with Crippen LogP contribution in [0.5, 0.6) is 0 Å². The van der Waals surface area contributed by atoms with Gasteiger partial charge in [0, 0.05) is 6.42 Å². The van der Waals surface area contributed by atoms with Crippen LogP contribution in [0.3, 0.4) is 0 Å². The minimum Gasteiger partial charge on any atom is -0.394 e. The van der Waals surface area contributed by atoms with Gasteiger partial charge in [0.05, 0.1) is 38.1 Å². The Labute approximate surface area is 423 Å². The normalized spacial score (nSPS) is 32.7. The number of hydrogen-bond donors (Lipinski definition) is 12. The Bertz CT molecular complexity index is 1340. The molecule has 18 atom stereocenters. The molecule has 0 spiro atoms. The third-order valence-electron chi connectivity index (χ3n) is 14.5. The monoisotopic (exact) mass is 1030 g/mol. The maximum atomic E-state index is 13.4. The highest BCUT2D eigenvalue weighted by molar-refractivity contribution is 5.76. The summed E-state index contributed by atoms with van der Waals surface area (Å²) in [5.74, 6) is -0.371. The van der Waals surface area contributed by atoms with Gasteiger partial charge in [-0.3, -0.25) is 4.79 Å². The predicted molar refractivity (Wildman–Crippen MR) is 264 cm³/mol. The summed E-state index contributed by atoms with van der Waals surface area (Å²) < 4.78 is 35.2. The number of carbonyl (C=O) groups excluding carboxylic acids is 1. The quantitative estimate of drug-likeness (QED) is 0.0393. The van der Waals surface area contributed by atoms with E-state index in [0.717, 1.165) is 51.4 Å². The van der Waals surface area contributed by atoms with Gasteiger partial charge >= 0.3 is 0 Å². The molecule has 12 N–H and O–H groups in total. The van der Waals surface area contributed by atoms with E-state index in [1.54, 1.807) is 0 Å². The minimum absolute atomic E-state index is 0.167. The Balaban J connectivity index is 1.69. The first-order chi connectivity index (χ1) is 34.2. The second kappa shape index (κ2) is 36.7. The maximum Gasteiger partial charge on any atom is 0.220 e. The molecule has 1 amide bonds. The number of aliphatic hydroxyl groups is 11. The third-order valence-corrected chi connectivity index (χ3v) is 14.5. The van der Waals surface area contributed by atoms with Gasteiger partial charge in [-0.15, -0.1) is 0 Å². The van der Waals surface area contributed by atoms with E-state index in [-0.39, 0.29) is 18.7 Å². The molecule has 3 heterocycles. The Kier molecular flexibility index (Phi) is 33.1. The molecule has 19 nitrogen and oxygen atoms in total. The molecular weight excluding hydrogens is 927 g/mol. The lowest BCUT2D eigenvalue weighted by molar-refractivity contribution is -0.386. The molecule has 0 aliphatic carbocycles. The van der Waals surface area contributed by atoms with Crippen LogP contribution in [0.15, 0.2) is 0 Å². The van der Waals surface area contributed by atoms with Gasteiger partial charge in [-0.1, -0.05) is 168 Å². The fourth-order valence-electron chi connectivity index (χ4n) is 9.75. The fourth-order valence-corrected chi connectivity index (χ4v) is 9.75. The molecular formula is C52H99NO18. The summed E-state index contributed by atoms with van der Waals surface area (Å²) in [6.07, 6.45) is 1.03. The number of hydrogen-bond acceptors (Lipinski definition) is 18. The molecule has 3 aliphatic rings. The van der Waals surface area contributed by atoms with Gasteiger partial charge in [0.25, 0.3) is 0 Å². The number of rotatable bonds is 39. The van der Waals surface area contributed by atoms with Crippen molar-refractivity contribution in [3.63, 3.8) is 0 Å². The van der Waals surface area contributed by atoms with Crippen molar-refractivity contribution in [2.24, 2.45) is 0 Å². The van der Waals surface area contributed by atoms with E-state index in [4.69, 9.17) is 28.4 Å². The lowest BCUT2D eigenvalue weighted by Crippen LogP contribution is -2.67. The highest BCUT2D eigenvalue weighted by Crippen LogP contribution is 2.34. The summed E-state index contributed by atoms with van der Waals surface area (Å²) >= 11 is 0. The van der Waals surface area contributed by atoms with Crippen molar-refractivity contribution < 1.29 is 89.4 Å². The fraction of sp³-hybridized carbons (Fsp3) is 0.981. The molecule has 0 saturated carbocycles. The molecule has 0 radical (unpaired) electrons. The average molecular weight is 1030 g/mol. The second-order valence-electron chi connectivity index (χ2n) is 20.5. The van der Waals surface area contributed by atoms with Crippen LogP contribution >= 0.6 is 0 Å². The lowest BCUT2D eigenvalue weighted by atomic mass is 9.96. The summed E-state index contributed by atoms with van der Waals surface area (Å²) in [5, 5.41) is 121. The standard InChI is InChI=1S/C52H99NO18/c1-4-6-8-10-12-14-16-18-20-22-24-26-28-30-39(57)53-35(41(59)36(56)29-27-25-23-21-19-17-15-13-11-9-7-5-2)33-66-50-47(65)49(71-51-45(63)43(61)40(58)34(3)67-51)48(38(32-55)69-50)70-52-46(64)44(62)42(60)37(31-54)68-52/h34-38,40-52,54-56,58-65H,4-33H2,1-3H3,(H,53,57)/t34-,35+,36-,37-,38-,40+,41+,42+,43+,44+,45-,46-,47-,48-,49-,50-,51-,52+/m1/s1. The van der Waals surface area contributed by atoms with Gasteiger partial charge in [-0.2, -0.15) is 0 Å². The SMILES string of the molecule is CCCCCCCCCCCCCCCC(=O)N[C@@H](CO[C@@H]1O[C@H](CO)[C@@H](O[C@@H]2O[C@H](CO)[C@H](O)[C@H](O)[C@H]2O)[C@H](O[C@H]2O[C@H](C)[C@H](O)[C@H](O)[C@H]2O)[C@H]1O)[C@H](O)[C@H](O)CCCCCCCCCCCCCC. The van der Waals surface area contributed by atoms with Crippen LogP contribution in [0.4, 0.5) is 0 Å². The summed E-state index contributed by atoms with van der Waals surface area (Å²) in [6, 6.07) is -1.19. The van der Waals surface area contributed by atoms with Crippen LogP contribution < -0.4 is 5.32 Å². The second-order valence-corrected chi connectivity index (χ2v) is 20.5. The van der Waals surface area contributed by atoms with Crippen molar-refractivity contribution in [1.29, 1.82) is 0 Å². The van der Waals surface area contributed by atoms with Crippen molar-refractivity contribution in [3.8, 4) is 0 Å². The van der Waals surface area contributed by atoms with Crippen LogP contribution in [0.1, 0.15) is 194 Å². The van der Waals surface area contributed by atoms with Crippen LogP contribution in [0.25, 0.3) is 0 Å². The molecule has 71 heavy (non-hydrogen) atoms. The largest absolute Gasteiger partial charge is 0.394 e. The average Bonchev–Trinajstić information content (AvgIpc) is 3.36. The summed E-state index contributed by atoms with van der Waals surface area (Å²) in [7, 11) is 0. The van der Waals surface area contributed by atoms with E-state index < -0.39 is 130 Å². The molecule has 0 aromatic heterocycles. The summed E-state index contributed by atoms with van der Waals surface area (Å²) in [6.45, 7) is 3.71. The Morgan fingerprint density at radius 3 is 1.41 bits per heavy atom. The van der Waals surface area contributed by atoms with Crippen LogP contribution in [-0.4, -0.2) is 192 Å². The number of aliphatic hydroxyl groups excluding tert-OH is 11. The number of unbranched alkanes of at least 4 members (excludes halogenated alkanes) is 23. The number of carbonyl (C=O) groups is 1. The van der Waals surface area contributed by atoms with Crippen LogP contribution in [0, 0.1) is 0 Å². The zero-order valence-corrected chi connectivity index (χ0v) is 43.4. The zero-order valence-electron chi connectivity index (χ0n) is 43.4. The maximum absolute atomic E-state index is 13.4. The number of ether oxygens (including phenoxy) is 6. The van der Waals surface area contributed by atoms with E-state index in [1.807, 2.05) is 0 Å². The van der Waals surface area contributed by atoms with Crippen molar-refractivity contribution in [3.05, 3.63) is 0 Å². The zero-order chi connectivity index (χ0) is 52.1. The Hall–Kier alpha value is -1.21. The topological polar surface area (TPSA) is 307 Å². The van der Waals surface area contributed by atoms with Gasteiger partial charge in [0.2, 0.25) is 5.91 Å². The molecule has 3 fully saturated rings. The first kappa shape index (κ1) is 64.1. The van der Waals surface area contributed by atoms with Crippen molar-refractivity contribution in [2.75, 3.05) is 19.8 Å². The molecule has 0 aromatic rings. The highest BCUT2D eigenvalue weighted by Gasteiger charge is 2.54. The number of amides is 1. The smallest absolute Gasteiger partial charge is 0.220 e. The van der Waals surface area contributed by atoms with Gasteiger partial charge in [-0.05, 0) is 19.8 Å². The van der Waals surface area contributed by atoms with Crippen molar-refractivity contribution in [2.45, 2.75) is 305 Å². The highest BCUT2D eigenvalue weighted by atomic mass is 16.8. The van der Waals surface area contributed by atoms with E-state index in [0.29, 0.717) is 12.8 Å². The Morgan fingerprint density at radius 1 is 0.493 bits per heavy atom. The molecule has 420 valence electrons. The predicted octanol–water partition coefficient (Wildman–Crippen LogP) is 3.26. The van der Waals surface area contributed by atoms with Gasteiger partial charge < -0.3 is 89.9 Å². The van der Waals surface area contributed by atoms with E-state index in [9.17, 15) is 61.0 Å². The third kappa shape index (κ3) is 22.5. The van der Waals surface area contributed by atoms with E-state index >= 15 is 0 Å². The number of nitrogens with one attached hydrogen (secondary N) is 1. The Morgan fingerprint density at radius 2 is 0.915 bits per heavy atom. The summed E-state index contributed by atoms with van der Waals surface area (Å²) in [5.41, 5.74) is 0. The lowest BCUT2D eigenvalue weighted by Gasteiger charge is -2.49. The first-order valence-electron chi connectivity index (χ1n) is 27.7. The van der Waals surface area contributed by atoms with E-state index in [1.165, 1.54) is 103 Å². The summed E-state index contributed by atoms with van der Waals surface area (Å²) in [4.78, 5) is 13.4. The van der Waals surface area contributed by atoms with Gasteiger partial charge in [0.15, 0.2) is 18.9 Å². The minimum atomic E-state index is -1.92. The molecule has 0 unspecified atom stereocenters. The molecule has 19 heteroatoms. The van der Waals surface area contributed by atoms with Crippen LogP contribution in [0.2, 0.25) is 0 Å². The van der Waals surface area contributed by atoms with Crippen molar-refractivity contribution in [1.82, 2.24) is 5.32 Å². The molecule has 3 aliphatic heterocycles. The van der Waals surface area contributed by atoms with Crippen LogP contribution in [-0.2, 0) is 33.2 Å². The van der Waals surface area contributed by atoms with Crippen molar-refractivity contribution >= 4 is 5.91 Å². The first-order valence-corrected chi connectivity index (χ1v) is 27.7. The molecule has 0 bridgehead atoms. The van der Waals surface area contributed by atoms with Gasteiger partial charge in [-0.25, -0.2) is 0 Å². The van der Waals surface area contributed by atoms with Gasteiger partial charge in [0.1, 0.15) is 73.2 Å².